The van der Waals surface area contributed by atoms with Crippen LogP contribution in [0.2, 0.25) is 0 Å². The maximum atomic E-state index is 12.5. The Morgan fingerprint density at radius 2 is 2.08 bits per heavy atom. The van der Waals surface area contributed by atoms with Gasteiger partial charge in [-0.1, -0.05) is 18.2 Å². The van der Waals surface area contributed by atoms with Gasteiger partial charge in [-0.3, -0.25) is 4.74 Å². The zero-order chi connectivity index (χ0) is 18.0. The van der Waals surface area contributed by atoms with Crippen LogP contribution in [0.25, 0.3) is 0 Å². The first-order valence-electron chi connectivity index (χ1n) is 7.75. The molecule has 0 amide bonds. The van der Waals surface area contributed by atoms with Crippen molar-refractivity contribution in [2.45, 2.75) is 31.7 Å². The summed E-state index contributed by atoms with van der Waals surface area (Å²) in [4.78, 5) is 0. The molecule has 0 bridgehead atoms. The fourth-order valence-electron chi connectivity index (χ4n) is 2.99. The molecule has 2 heterocycles. The standard InChI is InChI=1S/C16H17F5N2O2/c17-15(18)7-11-2-3-14-12(6-11)8-13(9-24-14)23-5-1-4-22(23)10-25-16(19,20)21/h1-3,5-6,13,15H,4,7-10H2. The van der Waals surface area contributed by atoms with Crippen LogP contribution in [0, 0.1) is 0 Å². The second-order valence-corrected chi connectivity index (χ2v) is 5.88. The van der Waals surface area contributed by atoms with Gasteiger partial charge in [0.05, 0.1) is 6.04 Å². The van der Waals surface area contributed by atoms with E-state index in [4.69, 9.17) is 4.74 Å². The SMILES string of the molecule is FC(F)Cc1ccc2c(c1)CC(N1C=CCN1COC(F)(F)F)CO2. The summed E-state index contributed by atoms with van der Waals surface area (Å²) in [6.07, 6.45) is -3.58. The number of hydrazine groups is 1. The molecule has 0 saturated heterocycles. The third-order valence-corrected chi connectivity index (χ3v) is 4.05. The van der Waals surface area contributed by atoms with Gasteiger partial charge in [-0.15, -0.1) is 13.2 Å². The van der Waals surface area contributed by atoms with Crippen LogP contribution in [0.1, 0.15) is 11.1 Å². The molecule has 2 aliphatic heterocycles. The van der Waals surface area contributed by atoms with Crippen molar-refractivity contribution in [3.63, 3.8) is 0 Å². The molecule has 0 aromatic heterocycles. The van der Waals surface area contributed by atoms with E-state index in [9.17, 15) is 22.0 Å². The van der Waals surface area contributed by atoms with Crippen LogP contribution in [0.3, 0.4) is 0 Å². The van der Waals surface area contributed by atoms with Crippen LogP contribution in [0.15, 0.2) is 30.5 Å². The second-order valence-electron chi connectivity index (χ2n) is 5.88. The van der Waals surface area contributed by atoms with E-state index in [0.717, 1.165) is 5.56 Å². The van der Waals surface area contributed by atoms with E-state index in [1.54, 1.807) is 35.5 Å². The summed E-state index contributed by atoms with van der Waals surface area (Å²) >= 11 is 0. The molecule has 4 nitrogen and oxygen atoms in total. The summed E-state index contributed by atoms with van der Waals surface area (Å²) in [5.74, 6) is 0.621. The highest BCUT2D eigenvalue weighted by Gasteiger charge is 2.34. The summed E-state index contributed by atoms with van der Waals surface area (Å²) in [6, 6.07) is 4.70. The smallest absolute Gasteiger partial charge is 0.491 e. The van der Waals surface area contributed by atoms with Crippen LogP contribution < -0.4 is 4.74 Å². The Labute approximate surface area is 141 Å². The van der Waals surface area contributed by atoms with Crippen molar-refractivity contribution in [1.82, 2.24) is 10.0 Å². The Kier molecular flexibility index (Phi) is 5.14. The molecule has 0 N–H and O–H groups in total. The Morgan fingerprint density at radius 3 is 2.80 bits per heavy atom. The van der Waals surface area contributed by atoms with Crippen LogP contribution in [0.4, 0.5) is 22.0 Å². The van der Waals surface area contributed by atoms with E-state index in [0.29, 0.717) is 24.3 Å². The maximum absolute atomic E-state index is 12.5. The van der Waals surface area contributed by atoms with Crippen LogP contribution >= 0.6 is 0 Å². The predicted molar refractivity (Wildman–Crippen MR) is 78.8 cm³/mol. The summed E-state index contributed by atoms with van der Waals surface area (Å²) in [5, 5.41) is 3.06. The van der Waals surface area contributed by atoms with Crippen LogP contribution in [-0.2, 0) is 17.6 Å². The zero-order valence-electron chi connectivity index (χ0n) is 13.2. The average Bonchev–Trinajstić information content (AvgIpc) is 2.99. The molecule has 0 radical (unpaired) electrons. The lowest BCUT2D eigenvalue weighted by atomic mass is 9.99. The average molecular weight is 364 g/mol. The van der Waals surface area contributed by atoms with Crippen molar-refractivity contribution in [2.75, 3.05) is 19.9 Å². The van der Waals surface area contributed by atoms with Gasteiger partial charge in [0, 0.05) is 25.6 Å². The molecule has 138 valence electrons. The molecule has 9 heteroatoms. The van der Waals surface area contributed by atoms with Gasteiger partial charge in [0.25, 0.3) is 0 Å². The minimum Gasteiger partial charge on any atom is -0.491 e. The molecule has 0 saturated carbocycles. The fraction of sp³-hybridized carbons (Fsp3) is 0.500. The monoisotopic (exact) mass is 364 g/mol. The lowest BCUT2D eigenvalue weighted by molar-refractivity contribution is -0.344. The first-order chi connectivity index (χ1) is 11.8. The molecule has 0 fully saturated rings. The molecule has 1 unspecified atom stereocenters. The molecule has 1 aromatic rings. The van der Waals surface area contributed by atoms with Gasteiger partial charge in [0.2, 0.25) is 6.43 Å². The molecule has 1 atom stereocenters. The second kappa shape index (κ2) is 7.17. The van der Waals surface area contributed by atoms with Gasteiger partial charge >= 0.3 is 6.36 Å². The highest BCUT2D eigenvalue weighted by molar-refractivity contribution is 5.39. The Balaban J connectivity index is 1.67. The Bertz CT molecular complexity index is 635. The van der Waals surface area contributed by atoms with Gasteiger partial charge < -0.3 is 9.75 Å². The van der Waals surface area contributed by atoms with Crippen molar-refractivity contribution >= 4 is 0 Å². The summed E-state index contributed by atoms with van der Waals surface area (Å²) < 4.78 is 71.4. The fourth-order valence-corrected chi connectivity index (χ4v) is 2.99. The number of benzene rings is 1. The van der Waals surface area contributed by atoms with Gasteiger partial charge in [0.1, 0.15) is 19.1 Å². The maximum Gasteiger partial charge on any atom is 0.523 e. The highest BCUT2D eigenvalue weighted by atomic mass is 19.4. The molecular weight excluding hydrogens is 347 g/mol. The lowest BCUT2D eigenvalue weighted by Crippen LogP contribution is -2.49. The quantitative estimate of drug-likeness (QED) is 0.749. The summed E-state index contributed by atoms with van der Waals surface area (Å²) in [5.41, 5.74) is 1.28. The number of alkyl halides is 5. The largest absolute Gasteiger partial charge is 0.523 e. The van der Waals surface area contributed by atoms with E-state index in [1.165, 1.54) is 5.01 Å². The normalized spacial score (nSPS) is 20.9. The topological polar surface area (TPSA) is 24.9 Å². The zero-order valence-corrected chi connectivity index (χ0v) is 13.2. The number of hydrogen-bond donors (Lipinski definition) is 0. The number of nitrogens with zero attached hydrogens (tertiary/aromatic N) is 2. The highest BCUT2D eigenvalue weighted by Crippen LogP contribution is 2.30. The van der Waals surface area contributed by atoms with Crippen molar-refractivity contribution in [3.8, 4) is 5.75 Å². The molecule has 1 aromatic carbocycles. The minimum absolute atomic E-state index is 0.232. The Morgan fingerprint density at radius 1 is 1.28 bits per heavy atom. The first kappa shape index (κ1) is 17.9. The molecule has 0 aliphatic carbocycles. The summed E-state index contributed by atoms with van der Waals surface area (Å²) in [6.45, 7) is -0.0375. The lowest BCUT2D eigenvalue weighted by Gasteiger charge is -2.38. The number of hydrogen-bond acceptors (Lipinski definition) is 4. The van der Waals surface area contributed by atoms with E-state index < -0.39 is 19.5 Å². The van der Waals surface area contributed by atoms with Crippen LogP contribution in [-0.4, -0.2) is 48.7 Å². The first-order valence-corrected chi connectivity index (χ1v) is 7.75. The van der Waals surface area contributed by atoms with E-state index in [1.807, 2.05) is 0 Å². The molecule has 2 aliphatic rings. The van der Waals surface area contributed by atoms with Gasteiger partial charge in [-0.25, -0.2) is 8.78 Å². The van der Waals surface area contributed by atoms with Crippen molar-refractivity contribution in [1.29, 1.82) is 0 Å². The van der Waals surface area contributed by atoms with Crippen molar-refractivity contribution in [2.24, 2.45) is 0 Å². The van der Waals surface area contributed by atoms with Crippen molar-refractivity contribution < 1.29 is 31.4 Å². The number of halogens is 5. The Hall–Kier alpha value is -1.87. The number of rotatable bonds is 5. The van der Waals surface area contributed by atoms with Gasteiger partial charge in [-0.2, -0.15) is 5.01 Å². The third-order valence-electron chi connectivity index (χ3n) is 4.05. The molecule has 25 heavy (non-hydrogen) atoms. The van der Waals surface area contributed by atoms with Crippen molar-refractivity contribution in [3.05, 3.63) is 41.6 Å². The predicted octanol–water partition coefficient (Wildman–Crippen LogP) is 3.34. The van der Waals surface area contributed by atoms with Gasteiger partial charge in [0.15, 0.2) is 0 Å². The van der Waals surface area contributed by atoms with E-state index in [-0.39, 0.29) is 19.1 Å². The molecule has 3 rings (SSSR count). The van der Waals surface area contributed by atoms with Crippen LogP contribution in [0.5, 0.6) is 5.75 Å². The number of fused-ring (bicyclic) bond motifs is 1. The number of ether oxygens (including phenoxy) is 2. The molecular formula is C16H17F5N2O2. The van der Waals surface area contributed by atoms with Gasteiger partial charge in [-0.05, 0) is 17.2 Å². The third kappa shape index (κ3) is 4.60. The molecule has 0 spiro atoms. The minimum atomic E-state index is -4.70. The van der Waals surface area contributed by atoms with E-state index >= 15 is 0 Å². The van der Waals surface area contributed by atoms with E-state index in [2.05, 4.69) is 4.74 Å². The summed E-state index contributed by atoms with van der Waals surface area (Å²) in [7, 11) is 0.